The minimum absolute atomic E-state index is 0.649. The first-order valence-electron chi connectivity index (χ1n) is 16.3. The van der Waals surface area contributed by atoms with E-state index in [0.717, 1.165) is 5.92 Å². The summed E-state index contributed by atoms with van der Waals surface area (Å²) in [5.74, 6) is 1.01. The topological polar surface area (TPSA) is 0 Å². The zero-order valence-corrected chi connectivity index (χ0v) is 24.7. The molecular formula is C34H68. The van der Waals surface area contributed by atoms with Gasteiger partial charge in [-0.15, -0.1) is 6.58 Å². The summed E-state index contributed by atoms with van der Waals surface area (Å²) < 4.78 is 0. The average Bonchev–Trinajstić information content (AvgIpc) is 2.86. The van der Waals surface area contributed by atoms with Crippen molar-refractivity contribution in [1.29, 1.82) is 0 Å². The molecule has 0 fully saturated rings. The molecule has 0 rings (SSSR count). The number of hydrogen-bond acceptors (Lipinski definition) is 0. The van der Waals surface area contributed by atoms with Gasteiger partial charge in [0.25, 0.3) is 0 Å². The Kier molecular flexibility index (Phi) is 25.6. The lowest BCUT2D eigenvalue weighted by molar-refractivity contribution is 0.220. The molecule has 0 heterocycles. The first-order valence-corrected chi connectivity index (χ1v) is 16.3. The van der Waals surface area contributed by atoms with Gasteiger partial charge in [0.15, 0.2) is 0 Å². The molecule has 1 atom stereocenters. The van der Waals surface area contributed by atoms with Gasteiger partial charge in [-0.25, -0.2) is 0 Å². The van der Waals surface area contributed by atoms with Gasteiger partial charge in [0, 0.05) is 0 Å². The molecule has 0 spiro atoms. The number of rotatable bonds is 28. The molecule has 0 saturated carbocycles. The fourth-order valence-electron chi connectivity index (χ4n) is 6.00. The van der Waals surface area contributed by atoms with E-state index in [1.165, 1.54) is 167 Å². The van der Waals surface area contributed by atoms with E-state index >= 15 is 0 Å². The molecule has 0 N–H and O–H groups in total. The van der Waals surface area contributed by atoms with Gasteiger partial charge in [-0.3, -0.25) is 0 Å². The summed E-state index contributed by atoms with van der Waals surface area (Å²) in [5.41, 5.74) is 0.649. The summed E-state index contributed by atoms with van der Waals surface area (Å²) in [5, 5.41) is 0. The summed E-state index contributed by atoms with van der Waals surface area (Å²) in [7, 11) is 0. The third-order valence-electron chi connectivity index (χ3n) is 9.06. The van der Waals surface area contributed by atoms with Crippen LogP contribution in [0.15, 0.2) is 12.7 Å². The van der Waals surface area contributed by atoms with E-state index in [9.17, 15) is 0 Å². The second kappa shape index (κ2) is 25.8. The maximum absolute atomic E-state index is 3.86. The average molecular weight is 477 g/mol. The molecule has 0 radical (unpaired) electrons. The molecule has 0 aliphatic rings. The van der Waals surface area contributed by atoms with Gasteiger partial charge in [0.05, 0.1) is 0 Å². The van der Waals surface area contributed by atoms with Crippen molar-refractivity contribution in [2.24, 2.45) is 11.3 Å². The lowest BCUT2D eigenvalue weighted by atomic mass is 9.75. The molecule has 34 heavy (non-hydrogen) atoms. The normalized spacial score (nSPS) is 12.8. The maximum Gasteiger partial charge on any atom is -0.0305 e. The van der Waals surface area contributed by atoms with Crippen molar-refractivity contribution in [2.45, 2.75) is 195 Å². The maximum atomic E-state index is 3.86. The Balaban J connectivity index is 3.93. The Bertz CT molecular complexity index is 383. The Morgan fingerprint density at radius 2 is 0.882 bits per heavy atom. The monoisotopic (exact) mass is 477 g/mol. The molecule has 0 heteroatoms. The van der Waals surface area contributed by atoms with Gasteiger partial charge in [-0.1, -0.05) is 181 Å². The van der Waals surface area contributed by atoms with Crippen molar-refractivity contribution in [3.63, 3.8) is 0 Å². The summed E-state index contributed by atoms with van der Waals surface area (Å²) in [6.07, 6.45) is 39.5. The van der Waals surface area contributed by atoms with Crippen LogP contribution >= 0.6 is 0 Å². The summed E-state index contributed by atoms with van der Waals surface area (Å²) >= 11 is 0. The van der Waals surface area contributed by atoms with Crippen molar-refractivity contribution < 1.29 is 0 Å². The largest absolute Gasteiger partial charge is 0.103 e. The molecule has 1 unspecified atom stereocenters. The van der Waals surface area contributed by atoms with Crippen molar-refractivity contribution >= 4 is 0 Å². The molecule has 0 amide bonds. The highest BCUT2D eigenvalue weighted by molar-refractivity contribution is 4.74. The fourth-order valence-corrected chi connectivity index (χ4v) is 6.00. The van der Waals surface area contributed by atoms with Crippen LogP contribution in [0.1, 0.15) is 195 Å². The van der Waals surface area contributed by atoms with Gasteiger partial charge >= 0.3 is 0 Å². The Morgan fingerprint density at radius 1 is 0.500 bits per heavy atom. The van der Waals surface area contributed by atoms with E-state index in [2.05, 4.69) is 40.3 Å². The van der Waals surface area contributed by atoms with Crippen LogP contribution in [0.5, 0.6) is 0 Å². The van der Waals surface area contributed by atoms with Crippen LogP contribution in [0, 0.1) is 11.3 Å². The quantitative estimate of drug-likeness (QED) is 0.0777. The lowest BCUT2D eigenvalue weighted by Crippen LogP contribution is -2.17. The van der Waals surface area contributed by atoms with Crippen molar-refractivity contribution in [2.75, 3.05) is 0 Å². The van der Waals surface area contributed by atoms with E-state index < -0.39 is 0 Å². The van der Waals surface area contributed by atoms with Crippen LogP contribution < -0.4 is 0 Å². The lowest BCUT2D eigenvalue weighted by Gasteiger charge is -2.30. The third kappa shape index (κ3) is 20.0. The van der Waals surface area contributed by atoms with Crippen molar-refractivity contribution in [3.8, 4) is 0 Å². The molecule has 0 bridgehead atoms. The first kappa shape index (κ1) is 33.7. The van der Waals surface area contributed by atoms with Gasteiger partial charge in [0.2, 0.25) is 0 Å². The highest BCUT2D eigenvalue weighted by atomic mass is 14.3. The molecule has 0 nitrogen and oxygen atoms in total. The molecule has 204 valence electrons. The van der Waals surface area contributed by atoms with E-state index in [1.54, 1.807) is 0 Å². The molecule has 0 aromatic carbocycles. The molecular weight excluding hydrogens is 408 g/mol. The van der Waals surface area contributed by atoms with Crippen molar-refractivity contribution in [1.82, 2.24) is 0 Å². The first-order chi connectivity index (χ1) is 16.7. The zero-order valence-electron chi connectivity index (χ0n) is 24.7. The standard InChI is InChI=1S/C34H68/c1-6-11-13-15-18-22-26-30-33(29-25-21-16-14-12-7-2)31-27-23-19-17-20-24-28-32-34(8-3,9-4)10-5/h7,33H,2,6,8-32H2,1,3-5H3. The van der Waals surface area contributed by atoms with Gasteiger partial charge in [-0.05, 0) is 30.6 Å². The highest BCUT2D eigenvalue weighted by Crippen LogP contribution is 2.36. The third-order valence-corrected chi connectivity index (χ3v) is 9.06. The van der Waals surface area contributed by atoms with Gasteiger partial charge in [-0.2, -0.15) is 0 Å². The highest BCUT2D eigenvalue weighted by Gasteiger charge is 2.22. The van der Waals surface area contributed by atoms with Crippen LogP contribution in [0.25, 0.3) is 0 Å². The molecule has 0 aliphatic heterocycles. The number of unbranched alkanes of at least 4 members (excludes halogenated alkanes) is 16. The van der Waals surface area contributed by atoms with Crippen LogP contribution in [-0.2, 0) is 0 Å². The predicted molar refractivity (Wildman–Crippen MR) is 159 cm³/mol. The predicted octanol–water partition coefficient (Wildman–Crippen LogP) is 13.0. The summed E-state index contributed by atoms with van der Waals surface area (Å²) in [6.45, 7) is 13.4. The minimum atomic E-state index is 0.649. The Hall–Kier alpha value is -0.260. The van der Waals surface area contributed by atoms with Crippen LogP contribution in [0.3, 0.4) is 0 Å². The van der Waals surface area contributed by atoms with Crippen LogP contribution in [0.2, 0.25) is 0 Å². The molecule has 0 aromatic rings. The van der Waals surface area contributed by atoms with E-state index in [0.29, 0.717) is 5.41 Å². The number of allylic oxidation sites excluding steroid dienone is 1. The summed E-state index contributed by atoms with van der Waals surface area (Å²) in [4.78, 5) is 0. The zero-order chi connectivity index (χ0) is 25.2. The van der Waals surface area contributed by atoms with Crippen molar-refractivity contribution in [3.05, 3.63) is 12.7 Å². The SMILES string of the molecule is C=CCCCCCCC(CCCCCCCCC)CCCCCCCCCC(CC)(CC)CC. The van der Waals surface area contributed by atoms with Crippen LogP contribution in [0.4, 0.5) is 0 Å². The van der Waals surface area contributed by atoms with E-state index in [-0.39, 0.29) is 0 Å². The molecule has 0 saturated heterocycles. The molecule has 0 aromatic heterocycles. The second-order valence-electron chi connectivity index (χ2n) is 11.6. The van der Waals surface area contributed by atoms with Crippen LogP contribution in [-0.4, -0.2) is 0 Å². The van der Waals surface area contributed by atoms with E-state index in [4.69, 9.17) is 0 Å². The molecule has 0 aliphatic carbocycles. The smallest absolute Gasteiger partial charge is 0.0305 e. The van der Waals surface area contributed by atoms with Gasteiger partial charge < -0.3 is 0 Å². The van der Waals surface area contributed by atoms with E-state index in [1.807, 2.05) is 0 Å². The summed E-state index contributed by atoms with van der Waals surface area (Å²) in [6, 6.07) is 0. The second-order valence-corrected chi connectivity index (χ2v) is 11.6. The Morgan fingerprint density at radius 3 is 1.29 bits per heavy atom. The number of hydrogen-bond donors (Lipinski definition) is 0. The van der Waals surface area contributed by atoms with Gasteiger partial charge in [0.1, 0.15) is 0 Å². The fraction of sp³-hybridized carbons (Fsp3) is 0.941. The Labute approximate surface area is 218 Å². The minimum Gasteiger partial charge on any atom is -0.103 e.